The molecule has 3 nitrogen and oxygen atoms in total. The van der Waals surface area contributed by atoms with Gasteiger partial charge in [0.15, 0.2) is 0 Å². The fourth-order valence-corrected chi connectivity index (χ4v) is 3.21. The number of aryl methyl sites for hydroxylation is 1. The summed E-state index contributed by atoms with van der Waals surface area (Å²) in [6, 6.07) is 7.89. The standard InChI is InChI=1S/C18H26O3/c1-13-7-6-8-14(11-13)20-10-9-16(19)15-12-17(2,3)21-18(15,4)5/h6-8,11,15H,9-10,12H2,1-5H3. The molecule has 0 amide bonds. The highest BCUT2D eigenvalue weighted by Gasteiger charge is 2.48. The molecule has 1 aliphatic rings. The number of rotatable bonds is 5. The van der Waals surface area contributed by atoms with Crippen LogP contribution in [0.15, 0.2) is 24.3 Å². The number of carbonyl (C=O) groups is 1. The lowest BCUT2D eigenvalue weighted by Crippen LogP contribution is -2.34. The van der Waals surface area contributed by atoms with Gasteiger partial charge in [-0.2, -0.15) is 0 Å². The molecule has 0 aromatic heterocycles. The van der Waals surface area contributed by atoms with Gasteiger partial charge in [0.25, 0.3) is 0 Å². The van der Waals surface area contributed by atoms with Gasteiger partial charge in [0.05, 0.1) is 17.8 Å². The van der Waals surface area contributed by atoms with Crippen molar-refractivity contribution >= 4 is 5.78 Å². The first kappa shape index (κ1) is 16.0. The van der Waals surface area contributed by atoms with Crippen LogP contribution in [0.25, 0.3) is 0 Å². The van der Waals surface area contributed by atoms with Gasteiger partial charge in [0.2, 0.25) is 0 Å². The van der Waals surface area contributed by atoms with Crippen LogP contribution < -0.4 is 4.74 Å². The van der Waals surface area contributed by atoms with E-state index in [9.17, 15) is 4.79 Å². The number of carbonyl (C=O) groups excluding carboxylic acids is 1. The normalized spacial score (nSPS) is 23.0. The first-order chi connectivity index (χ1) is 9.70. The molecule has 1 saturated heterocycles. The first-order valence-corrected chi connectivity index (χ1v) is 7.62. The number of ketones is 1. The lowest BCUT2D eigenvalue weighted by molar-refractivity contribution is -0.129. The molecule has 3 heteroatoms. The van der Waals surface area contributed by atoms with Crippen LogP contribution in [0.3, 0.4) is 0 Å². The molecular weight excluding hydrogens is 264 g/mol. The van der Waals surface area contributed by atoms with E-state index >= 15 is 0 Å². The van der Waals surface area contributed by atoms with Crippen molar-refractivity contribution in [1.82, 2.24) is 0 Å². The Kier molecular flexibility index (Phi) is 4.43. The molecule has 21 heavy (non-hydrogen) atoms. The van der Waals surface area contributed by atoms with Crippen LogP contribution in [0, 0.1) is 12.8 Å². The molecule has 116 valence electrons. The summed E-state index contributed by atoms with van der Waals surface area (Å²) in [7, 11) is 0. The number of ether oxygens (including phenoxy) is 2. The minimum absolute atomic E-state index is 0.0476. The van der Waals surface area contributed by atoms with E-state index in [-0.39, 0.29) is 22.9 Å². The van der Waals surface area contributed by atoms with Crippen molar-refractivity contribution in [2.45, 2.75) is 58.7 Å². The second-order valence-electron chi connectivity index (χ2n) is 7.10. The Labute approximate surface area is 127 Å². The summed E-state index contributed by atoms with van der Waals surface area (Å²) in [6.45, 7) is 10.6. The Morgan fingerprint density at radius 1 is 1.33 bits per heavy atom. The van der Waals surface area contributed by atoms with Crippen LogP contribution in [0.2, 0.25) is 0 Å². The predicted octanol–water partition coefficient (Wildman–Crippen LogP) is 3.93. The summed E-state index contributed by atoms with van der Waals surface area (Å²) in [5.74, 6) is 1.01. The molecule has 1 aromatic rings. The van der Waals surface area contributed by atoms with Gasteiger partial charge >= 0.3 is 0 Å². The van der Waals surface area contributed by atoms with Crippen molar-refractivity contribution in [3.05, 3.63) is 29.8 Å². The van der Waals surface area contributed by atoms with Crippen molar-refractivity contribution in [3.63, 3.8) is 0 Å². The van der Waals surface area contributed by atoms with Crippen LogP contribution in [-0.2, 0) is 9.53 Å². The molecule has 0 radical (unpaired) electrons. The van der Waals surface area contributed by atoms with E-state index in [1.807, 2.05) is 58.9 Å². The third-order valence-corrected chi connectivity index (χ3v) is 4.07. The fourth-order valence-electron chi connectivity index (χ4n) is 3.21. The molecule has 1 fully saturated rings. The first-order valence-electron chi connectivity index (χ1n) is 7.62. The van der Waals surface area contributed by atoms with E-state index in [4.69, 9.17) is 9.47 Å². The van der Waals surface area contributed by atoms with Gasteiger partial charge in [-0.3, -0.25) is 4.79 Å². The van der Waals surface area contributed by atoms with E-state index < -0.39 is 0 Å². The lowest BCUT2D eigenvalue weighted by Gasteiger charge is -2.26. The van der Waals surface area contributed by atoms with Crippen LogP contribution in [0.5, 0.6) is 5.75 Å². The number of hydrogen-bond acceptors (Lipinski definition) is 3. The van der Waals surface area contributed by atoms with Gasteiger partial charge in [-0.05, 0) is 58.7 Å². The predicted molar refractivity (Wildman–Crippen MR) is 83.6 cm³/mol. The quantitative estimate of drug-likeness (QED) is 0.824. The molecule has 1 aliphatic heterocycles. The monoisotopic (exact) mass is 290 g/mol. The van der Waals surface area contributed by atoms with Gasteiger partial charge in [-0.25, -0.2) is 0 Å². The smallest absolute Gasteiger partial charge is 0.142 e. The molecule has 1 unspecified atom stereocenters. The highest BCUT2D eigenvalue weighted by atomic mass is 16.5. The van der Waals surface area contributed by atoms with Gasteiger partial charge < -0.3 is 9.47 Å². The molecule has 0 N–H and O–H groups in total. The van der Waals surface area contributed by atoms with Crippen LogP contribution >= 0.6 is 0 Å². The molecule has 0 bridgehead atoms. The minimum atomic E-state index is -0.385. The van der Waals surface area contributed by atoms with Gasteiger partial charge in [0, 0.05) is 12.3 Å². The van der Waals surface area contributed by atoms with E-state index in [1.54, 1.807) is 0 Å². The van der Waals surface area contributed by atoms with E-state index in [0.29, 0.717) is 13.0 Å². The van der Waals surface area contributed by atoms with Crippen molar-refractivity contribution in [1.29, 1.82) is 0 Å². The fraction of sp³-hybridized carbons (Fsp3) is 0.611. The second-order valence-corrected chi connectivity index (χ2v) is 7.10. The molecular formula is C18H26O3. The Morgan fingerprint density at radius 3 is 2.62 bits per heavy atom. The molecule has 1 heterocycles. The Hall–Kier alpha value is -1.35. The third-order valence-electron chi connectivity index (χ3n) is 4.07. The van der Waals surface area contributed by atoms with Crippen molar-refractivity contribution in [2.75, 3.05) is 6.61 Å². The van der Waals surface area contributed by atoms with Gasteiger partial charge in [-0.1, -0.05) is 12.1 Å². The maximum absolute atomic E-state index is 12.4. The number of benzene rings is 1. The van der Waals surface area contributed by atoms with Crippen LogP contribution in [-0.4, -0.2) is 23.6 Å². The zero-order valence-electron chi connectivity index (χ0n) is 13.7. The lowest BCUT2D eigenvalue weighted by atomic mass is 9.83. The SMILES string of the molecule is Cc1cccc(OCCC(=O)C2CC(C)(C)OC2(C)C)c1. The largest absolute Gasteiger partial charge is 0.493 e. The average molecular weight is 290 g/mol. The zero-order valence-corrected chi connectivity index (χ0v) is 13.7. The van der Waals surface area contributed by atoms with Crippen molar-refractivity contribution < 1.29 is 14.3 Å². The Balaban J connectivity index is 1.88. The second kappa shape index (κ2) is 5.80. The molecule has 1 atom stereocenters. The van der Waals surface area contributed by atoms with Crippen molar-refractivity contribution in [2.24, 2.45) is 5.92 Å². The molecule has 0 aliphatic carbocycles. The Bertz CT molecular complexity index is 517. The topological polar surface area (TPSA) is 35.5 Å². The summed E-state index contributed by atoms with van der Waals surface area (Å²) in [4.78, 5) is 12.4. The van der Waals surface area contributed by atoms with Crippen LogP contribution in [0.1, 0.15) is 46.1 Å². The molecule has 1 aromatic carbocycles. The maximum atomic E-state index is 12.4. The number of hydrogen-bond donors (Lipinski definition) is 0. The summed E-state index contributed by atoms with van der Waals surface area (Å²) < 4.78 is 11.7. The maximum Gasteiger partial charge on any atom is 0.142 e. The molecule has 2 rings (SSSR count). The molecule has 0 saturated carbocycles. The molecule has 0 spiro atoms. The third kappa shape index (κ3) is 4.07. The summed E-state index contributed by atoms with van der Waals surface area (Å²) in [5, 5.41) is 0. The Morgan fingerprint density at radius 2 is 2.05 bits per heavy atom. The average Bonchev–Trinajstić information content (AvgIpc) is 2.57. The van der Waals surface area contributed by atoms with Crippen LogP contribution in [0.4, 0.5) is 0 Å². The highest BCUT2D eigenvalue weighted by molar-refractivity contribution is 5.82. The van der Waals surface area contributed by atoms with E-state index in [0.717, 1.165) is 17.7 Å². The van der Waals surface area contributed by atoms with E-state index in [1.165, 1.54) is 0 Å². The minimum Gasteiger partial charge on any atom is -0.493 e. The zero-order chi connectivity index (χ0) is 15.7. The summed E-state index contributed by atoms with van der Waals surface area (Å²) in [5.41, 5.74) is 0.552. The number of Topliss-reactive ketones (excluding diaryl/α,β-unsaturated/α-hetero) is 1. The van der Waals surface area contributed by atoms with Gasteiger partial charge in [0.1, 0.15) is 11.5 Å². The van der Waals surface area contributed by atoms with Gasteiger partial charge in [-0.15, -0.1) is 0 Å². The summed E-state index contributed by atoms with van der Waals surface area (Å²) in [6.07, 6.45) is 1.21. The highest BCUT2D eigenvalue weighted by Crippen LogP contribution is 2.42. The van der Waals surface area contributed by atoms with Crippen molar-refractivity contribution in [3.8, 4) is 5.75 Å². The summed E-state index contributed by atoms with van der Waals surface area (Å²) >= 11 is 0. The van der Waals surface area contributed by atoms with E-state index in [2.05, 4.69) is 0 Å².